The molecule has 0 amide bonds. The Morgan fingerprint density at radius 2 is 1.82 bits per heavy atom. The summed E-state index contributed by atoms with van der Waals surface area (Å²) in [4.78, 5) is 0. The standard InChI is InChI=1S/C12H15I2NO.ClH/c13-8-5-9(12(16)10(14)6-8)11(15)7-3-1-2-4-7;/h5-7,11,16H,1-4,15H2;1H/t11-;/m0./s1. The number of phenolic OH excluding ortho intramolecular Hbond substituents is 1. The summed E-state index contributed by atoms with van der Waals surface area (Å²) in [5.74, 6) is 0.917. The van der Waals surface area contributed by atoms with Crippen molar-refractivity contribution < 1.29 is 5.11 Å². The number of phenols is 1. The first kappa shape index (κ1) is 15.8. The van der Waals surface area contributed by atoms with Gasteiger partial charge in [0.05, 0.1) is 3.57 Å². The molecule has 1 saturated carbocycles. The first-order valence-electron chi connectivity index (χ1n) is 5.53. The second kappa shape index (κ2) is 6.77. The smallest absolute Gasteiger partial charge is 0.133 e. The average molecular weight is 480 g/mol. The summed E-state index contributed by atoms with van der Waals surface area (Å²) in [5.41, 5.74) is 7.19. The lowest BCUT2D eigenvalue weighted by atomic mass is 9.92. The van der Waals surface area contributed by atoms with Gasteiger partial charge in [-0.3, -0.25) is 0 Å². The molecule has 1 aliphatic carbocycles. The zero-order valence-corrected chi connectivity index (χ0v) is 14.5. The van der Waals surface area contributed by atoms with Crippen molar-refractivity contribution in [1.29, 1.82) is 0 Å². The highest BCUT2D eigenvalue weighted by molar-refractivity contribution is 14.1. The van der Waals surface area contributed by atoms with Crippen molar-refractivity contribution >= 4 is 57.6 Å². The summed E-state index contributed by atoms with van der Waals surface area (Å²) in [7, 11) is 0. The minimum atomic E-state index is -0.00858. The Kier molecular flexibility index (Phi) is 6.29. The number of halogens is 3. The van der Waals surface area contributed by atoms with E-state index in [9.17, 15) is 5.11 Å². The monoisotopic (exact) mass is 479 g/mol. The van der Waals surface area contributed by atoms with Crippen LogP contribution < -0.4 is 5.73 Å². The van der Waals surface area contributed by atoms with Gasteiger partial charge in [-0.1, -0.05) is 12.8 Å². The van der Waals surface area contributed by atoms with E-state index in [0.717, 1.165) is 12.7 Å². The van der Waals surface area contributed by atoms with E-state index in [1.165, 1.54) is 25.7 Å². The molecule has 0 saturated heterocycles. The van der Waals surface area contributed by atoms with Gasteiger partial charge < -0.3 is 10.8 Å². The molecule has 17 heavy (non-hydrogen) atoms. The van der Waals surface area contributed by atoms with Gasteiger partial charge in [0.1, 0.15) is 5.75 Å². The topological polar surface area (TPSA) is 46.2 Å². The number of nitrogens with two attached hydrogens (primary N) is 1. The molecule has 1 fully saturated rings. The third kappa shape index (κ3) is 3.61. The van der Waals surface area contributed by atoms with Crippen LogP contribution in [-0.4, -0.2) is 5.11 Å². The number of rotatable bonds is 2. The van der Waals surface area contributed by atoms with Crippen LogP contribution in [-0.2, 0) is 0 Å². The van der Waals surface area contributed by atoms with Crippen LogP contribution in [0.3, 0.4) is 0 Å². The van der Waals surface area contributed by atoms with Crippen LogP contribution >= 0.6 is 57.6 Å². The number of hydrogen-bond acceptors (Lipinski definition) is 2. The number of hydrogen-bond donors (Lipinski definition) is 2. The van der Waals surface area contributed by atoms with Crippen LogP contribution in [0.1, 0.15) is 37.3 Å². The SMILES string of the molecule is Cl.N[C@H](c1cc(I)cc(I)c1O)C1CCCC1. The molecule has 1 aromatic rings. The lowest BCUT2D eigenvalue weighted by Crippen LogP contribution is -2.19. The van der Waals surface area contributed by atoms with Gasteiger partial charge in [-0.25, -0.2) is 0 Å². The predicted molar refractivity (Wildman–Crippen MR) is 89.7 cm³/mol. The van der Waals surface area contributed by atoms with Crippen molar-refractivity contribution in [2.24, 2.45) is 11.7 Å². The average Bonchev–Trinajstić information content (AvgIpc) is 2.75. The van der Waals surface area contributed by atoms with Crippen molar-refractivity contribution in [2.45, 2.75) is 31.7 Å². The fourth-order valence-corrected chi connectivity index (χ4v) is 4.30. The highest BCUT2D eigenvalue weighted by Crippen LogP contribution is 2.39. The molecule has 0 aromatic heterocycles. The summed E-state index contributed by atoms with van der Waals surface area (Å²) in [6, 6.07) is 3.98. The largest absolute Gasteiger partial charge is 0.506 e. The molecule has 0 heterocycles. The van der Waals surface area contributed by atoms with E-state index in [-0.39, 0.29) is 18.4 Å². The number of aromatic hydroxyl groups is 1. The lowest BCUT2D eigenvalue weighted by molar-refractivity contribution is 0.410. The summed E-state index contributed by atoms with van der Waals surface area (Å²) >= 11 is 4.43. The van der Waals surface area contributed by atoms with Gasteiger partial charge in [0.25, 0.3) is 0 Å². The maximum atomic E-state index is 10.1. The summed E-state index contributed by atoms with van der Waals surface area (Å²) in [6.07, 6.45) is 4.95. The highest BCUT2D eigenvalue weighted by Gasteiger charge is 2.26. The minimum Gasteiger partial charge on any atom is -0.506 e. The minimum absolute atomic E-state index is 0. The molecule has 1 aromatic carbocycles. The van der Waals surface area contributed by atoms with Gasteiger partial charge in [0, 0.05) is 15.2 Å². The molecule has 5 heteroatoms. The molecule has 96 valence electrons. The molecule has 1 aliphatic rings. The molecule has 0 unspecified atom stereocenters. The van der Waals surface area contributed by atoms with Gasteiger partial charge in [-0.15, -0.1) is 12.4 Å². The lowest BCUT2D eigenvalue weighted by Gasteiger charge is -2.21. The Balaban J connectivity index is 0.00000144. The van der Waals surface area contributed by atoms with Crippen molar-refractivity contribution in [1.82, 2.24) is 0 Å². The third-order valence-electron chi connectivity index (χ3n) is 3.32. The molecule has 0 aliphatic heterocycles. The van der Waals surface area contributed by atoms with E-state index in [1.54, 1.807) is 0 Å². The highest BCUT2D eigenvalue weighted by atomic mass is 127. The Hall–Kier alpha value is 0.730. The Labute approximate surface area is 135 Å². The van der Waals surface area contributed by atoms with Crippen LogP contribution in [0.15, 0.2) is 12.1 Å². The Morgan fingerprint density at radius 3 is 2.41 bits per heavy atom. The Morgan fingerprint density at radius 1 is 1.24 bits per heavy atom. The molecule has 1 atom stereocenters. The molecule has 0 bridgehead atoms. The molecule has 3 N–H and O–H groups in total. The van der Waals surface area contributed by atoms with Crippen LogP contribution in [0.4, 0.5) is 0 Å². The van der Waals surface area contributed by atoms with Gasteiger partial charge in [-0.05, 0) is 76.1 Å². The van der Waals surface area contributed by atoms with Gasteiger partial charge in [-0.2, -0.15) is 0 Å². The zero-order valence-electron chi connectivity index (χ0n) is 9.33. The quantitative estimate of drug-likeness (QED) is 0.625. The van der Waals surface area contributed by atoms with E-state index in [2.05, 4.69) is 45.2 Å². The molecular formula is C12H16ClI2NO. The van der Waals surface area contributed by atoms with Crippen LogP contribution in [0, 0.1) is 13.1 Å². The fraction of sp³-hybridized carbons (Fsp3) is 0.500. The second-order valence-electron chi connectivity index (χ2n) is 4.40. The van der Waals surface area contributed by atoms with E-state index in [1.807, 2.05) is 12.1 Å². The summed E-state index contributed by atoms with van der Waals surface area (Å²) in [6.45, 7) is 0. The van der Waals surface area contributed by atoms with Crippen molar-refractivity contribution in [2.75, 3.05) is 0 Å². The van der Waals surface area contributed by atoms with E-state index < -0.39 is 0 Å². The second-order valence-corrected chi connectivity index (χ2v) is 6.80. The number of benzene rings is 1. The third-order valence-corrected chi connectivity index (χ3v) is 4.77. The molecule has 0 radical (unpaired) electrons. The molecule has 2 rings (SSSR count). The van der Waals surface area contributed by atoms with E-state index in [4.69, 9.17) is 5.73 Å². The van der Waals surface area contributed by atoms with Gasteiger partial charge in [0.2, 0.25) is 0 Å². The first-order valence-corrected chi connectivity index (χ1v) is 7.69. The van der Waals surface area contributed by atoms with Gasteiger partial charge >= 0.3 is 0 Å². The van der Waals surface area contributed by atoms with E-state index in [0.29, 0.717) is 11.7 Å². The van der Waals surface area contributed by atoms with Crippen molar-refractivity contribution in [3.8, 4) is 5.75 Å². The summed E-state index contributed by atoms with van der Waals surface area (Å²) in [5, 5.41) is 10.1. The zero-order chi connectivity index (χ0) is 11.7. The Bertz CT molecular complexity index is 394. The first-order chi connectivity index (χ1) is 7.59. The summed E-state index contributed by atoms with van der Waals surface area (Å²) < 4.78 is 2.04. The van der Waals surface area contributed by atoms with Crippen molar-refractivity contribution in [3.63, 3.8) is 0 Å². The van der Waals surface area contributed by atoms with Crippen molar-refractivity contribution in [3.05, 3.63) is 24.8 Å². The predicted octanol–water partition coefficient (Wildman–Crippen LogP) is 4.21. The van der Waals surface area contributed by atoms with Gasteiger partial charge in [0.15, 0.2) is 0 Å². The fourth-order valence-electron chi connectivity index (χ4n) is 2.41. The normalized spacial score (nSPS) is 17.8. The molecular weight excluding hydrogens is 463 g/mol. The molecule has 0 spiro atoms. The maximum absolute atomic E-state index is 10.1. The van der Waals surface area contributed by atoms with Crippen LogP contribution in [0.25, 0.3) is 0 Å². The van der Waals surface area contributed by atoms with E-state index >= 15 is 0 Å². The van der Waals surface area contributed by atoms with Crippen LogP contribution in [0.5, 0.6) is 5.75 Å². The maximum Gasteiger partial charge on any atom is 0.133 e. The molecule has 2 nitrogen and oxygen atoms in total. The van der Waals surface area contributed by atoms with Crippen LogP contribution in [0.2, 0.25) is 0 Å².